The number of hydrogen-bond donors (Lipinski definition) is 1. The van der Waals surface area contributed by atoms with Gasteiger partial charge in [-0.25, -0.2) is 0 Å². The summed E-state index contributed by atoms with van der Waals surface area (Å²) in [6.45, 7) is 4.02. The van der Waals surface area contributed by atoms with Crippen LogP contribution in [0.15, 0.2) is 18.2 Å². The van der Waals surface area contributed by atoms with Crippen molar-refractivity contribution in [1.29, 1.82) is 0 Å². The molecule has 18 heavy (non-hydrogen) atoms. The van der Waals surface area contributed by atoms with E-state index >= 15 is 0 Å². The van der Waals surface area contributed by atoms with Gasteiger partial charge in [-0.2, -0.15) is 0 Å². The van der Waals surface area contributed by atoms with Crippen LogP contribution in [0.1, 0.15) is 42.1 Å². The molecule has 0 aliphatic rings. The number of benzene rings is 1. The zero-order valence-corrected chi connectivity index (χ0v) is 10.8. The van der Waals surface area contributed by atoms with Crippen molar-refractivity contribution in [1.82, 2.24) is 0 Å². The molecule has 1 aromatic carbocycles. The first-order valence-corrected chi connectivity index (χ1v) is 5.85. The number of methoxy groups -OCH3 is 1. The van der Waals surface area contributed by atoms with Crippen molar-refractivity contribution in [2.24, 2.45) is 5.92 Å². The van der Waals surface area contributed by atoms with Crippen LogP contribution in [0.5, 0.6) is 5.75 Å². The van der Waals surface area contributed by atoms with Crippen LogP contribution in [0.4, 0.5) is 0 Å². The Hall–Kier alpha value is -1.84. The number of carbonyl (C=O) groups excluding carboxylic acids is 2. The fourth-order valence-electron chi connectivity index (χ4n) is 1.86. The second-order valence-electron chi connectivity index (χ2n) is 4.64. The van der Waals surface area contributed by atoms with Crippen LogP contribution in [0.25, 0.3) is 0 Å². The molecule has 1 atom stereocenters. The minimum atomic E-state index is -0.415. The van der Waals surface area contributed by atoms with Gasteiger partial charge >= 0.3 is 5.97 Å². The normalized spacial score (nSPS) is 12.2. The minimum absolute atomic E-state index is 0.111. The van der Waals surface area contributed by atoms with Gasteiger partial charge in [-0.3, -0.25) is 9.59 Å². The van der Waals surface area contributed by atoms with E-state index in [0.29, 0.717) is 24.2 Å². The standard InChI is InChI=1S/C14H18O4/c1-9(2)6-12(14(17)18-3)10-4-5-11(8-15)13(16)7-10/h4-5,7-9,12,16H,6H2,1-3H3. The summed E-state index contributed by atoms with van der Waals surface area (Å²) in [5, 5.41) is 9.65. The molecule has 1 rings (SSSR count). The van der Waals surface area contributed by atoms with E-state index < -0.39 is 5.92 Å². The van der Waals surface area contributed by atoms with E-state index in [9.17, 15) is 14.7 Å². The first-order chi connectivity index (χ1) is 8.49. The maximum Gasteiger partial charge on any atom is 0.313 e. The van der Waals surface area contributed by atoms with Crippen LogP contribution in [-0.4, -0.2) is 24.5 Å². The Morgan fingerprint density at radius 2 is 2.11 bits per heavy atom. The highest BCUT2D eigenvalue weighted by Crippen LogP contribution is 2.28. The predicted molar refractivity (Wildman–Crippen MR) is 67.7 cm³/mol. The molecule has 0 aromatic heterocycles. The Kier molecular flexibility index (Phi) is 4.89. The Labute approximate surface area is 107 Å². The van der Waals surface area contributed by atoms with Crippen LogP contribution < -0.4 is 0 Å². The third kappa shape index (κ3) is 3.32. The number of phenolic OH excluding ortho intramolecular Hbond substituents is 1. The van der Waals surface area contributed by atoms with Gasteiger partial charge in [0.1, 0.15) is 5.75 Å². The molecule has 1 unspecified atom stereocenters. The monoisotopic (exact) mass is 250 g/mol. The number of aromatic hydroxyl groups is 1. The van der Waals surface area contributed by atoms with Crippen LogP contribution in [0.3, 0.4) is 0 Å². The molecule has 1 aromatic rings. The highest BCUT2D eigenvalue weighted by Gasteiger charge is 2.23. The number of aldehydes is 1. The summed E-state index contributed by atoms with van der Waals surface area (Å²) in [6, 6.07) is 4.63. The Bertz CT molecular complexity index is 437. The Morgan fingerprint density at radius 1 is 1.44 bits per heavy atom. The fraction of sp³-hybridized carbons (Fsp3) is 0.429. The second-order valence-corrected chi connectivity index (χ2v) is 4.64. The van der Waals surface area contributed by atoms with Crippen molar-refractivity contribution < 1.29 is 19.4 Å². The molecule has 98 valence electrons. The average molecular weight is 250 g/mol. The summed E-state index contributed by atoms with van der Waals surface area (Å²) < 4.78 is 4.77. The topological polar surface area (TPSA) is 63.6 Å². The summed E-state index contributed by atoms with van der Waals surface area (Å²) in [6.07, 6.45) is 1.21. The lowest BCUT2D eigenvalue weighted by Gasteiger charge is -2.17. The quantitative estimate of drug-likeness (QED) is 0.644. The smallest absolute Gasteiger partial charge is 0.313 e. The zero-order chi connectivity index (χ0) is 13.7. The number of ether oxygens (including phenoxy) is 1. The molecule has 0 aliphatic carbocycles. The predicted octanol–water partition coefficient (Wildman–Crippen LogP) is 2.51. The van der Waals surface area contributed by atoms with Gasteiger partial charge in [0.2, 0.25) is 0 Å². The number of hydrogen-bond acceptors (Lipinski definition) is 4. The molecule has 4 heteroatoms. The van der Waals surface area contributed by atoms with Gasteiger partial charge in [-0.05, 0) is 30.0 Å². The molecule has 0 radical (unpaired) electrons. The highest BCUT2D eigenvalue weighted by molar-refractivity contribution is 5.81. The van der Waals surface area contributed by atoms with Gasteiger partial charge in [0.05, 0.1) is 18.6 Å². The average Bonchev–Trinajstić information content (AvgIpc) is 2.34. The molecule has 0 saturated heterocycles. The third-order valence-electron chi connectivity index (χ3n) is 2.78. The summed E-state index contributed by atoms with van der Waals surface area (Å²) >= 11 is 0. The maximum atomic E-state index is 11.7. The molecule has 0 fully saturated rings. The lowest BCUT2D eigenvalue weighted by Crippen LogP contribution is -2.16. The van der Waals surface area contributed by atoms with Gasteiger partial charge in [0.15, 0.2) is 6.29 Å². The second kappa shape index (κ2) is 6.19. The summed E-state index contributed by atoms with van der Waals surface area (Å²) in [5.74, 6) is -0.536. The van der Waals surface area contributed by atoms with E-state index in [4.69, 9.17) is 4.74 Å². The zero-order valence-electron chi connectivity index (χ0n) is 10.8. The van der Waals surface area contributed by atoms with Crippen molar-refractivity contribution in [3.05, 3.63) is 29.3 Å². The molecule has 0 aliphatic heterocycles. The number of phenols is 1. The van der Waals surface area contributed by atoms with Gasteiger partial charge < -0.3 is 9.84 Å². The van der Waals surface area contributed by atoms with Gasteiger partial charge in [-0.1, -0.05) is 19.9 Å². The molecule has 0 bridgehead atoms. The SMILES string of the molecule is COC(=O)C(CC(C)C)c1ccc(C=O)c(O)c1. The largest absolute Gasteiger partial charge is 0.507 e. The van der Waals surface area contributed by atoms with Crippen LogP contribution in [-0.2, 0) is 9.53 Å². The van der Waals surface area contributed by atoms with Crippen molar-refractivity contribution in [3.8, 4) is 5.75 Å². The third-order valence-corrected chi connectivity index (χ3v) is 2.78. The minimum Gasteiger partial charge on any atom is -0.507 e. The number of rotatable bonds is 5. The van der Waals surface area contributed by atoms with Crippen LogP contribution in [0, 0.1) is 5.92 Å². The first-order valence-electron chi connectivity index (χ1n) is 5.85. The lowest BCUT2D eigenvalue weighted by molar-refractivity contribution is -0.142. The summed E-state index contributed by atoms with van der Waals surface area (Å²) in [7, 11) is 1.34. The van der Waals surface area contributed by atoms with Gasteiger partial charge in [0.25, 0.3) is 0 Å². The lowest BCUT2D eigenvalue weighted by atomic mass is 9.89. The Morgan fingerprint density at radius 3 is 2.56 bits per heavy atom. The van der Waals surface area contributed by atoms with Crippen molar-refractivity contribution >= 4 is 12.3 Å². The van der Waals surface area contributed by atoms with E-state index in [2.05, 4.69) is 0 Å². The molecule has 0 amide bonds. The van der Waals surface area contributed by atoms with Crippen LogP contribution >= 0.6 is 0 Å². The maximum absolute atomic E-state index is 11.7. The molecule has 1 N–H and O–H groups in total. The van der Waals surface area contributed by atoms with Gasteiger partial charge in [0, 0.05) is 0 Å². The summed E-state index contributed by atoms with van der Waals surface area (Å²) in [5.41, 5.74) is 0.880. The van der Waals surface area contributed by atoms with Crippen LogP contribution in [0.2, 0.25) is 0 Å². The highest BCUT2D eigenvalue weighted by atomic mass is 16.5. The summed E-state index contributed by atoms with van der Waals surface area (Å²) in [4.78, 5) is 22.4. The fourth-order valence-corrected chi connectivity index (χ4v) is 1.86. The first kappa shape index (κ1) is 14.2. The van der Waals surface area contributed by atoms with E-state index in [1.165, 1.54) is 19.2 Å². The van der Waals surface area contributed by atoms with Crippen molar-refractivity contribution in [3.63, 3.8) is 0 Å². The van der Waals surface area contributed by atoms with Gasteiger partial charge in [-0.15, -0.1) is 0 Å². The molecular weight excluding hydrogens is 232 g/mol. The number of carbonyl (C=O) groups is 2. The molecular formula is C14H18O4. The molecule has 4 nitrogen and oxygen atoms in total. The van der Waals surface area contributed by atoms with E-state index in [0.717, 1.165) is 0 Å². The molecule has 0 heterocycles. The van der Waals surface area contributed by atoms with Crippen molar-refractivity contribution in [2.75, 3.05) is 7.11 Å². The Balaban J connectivity index is 3.08. The molecule has 0 saturated carbocycles. The molecule has 0 spiro atoms. The van der Waals surface area contributed by atoms with E-state index in [1.54, 1.807) is 6.07 Å². The van der Waals surface area contributed by atoms with E-state index in [1.807, 2.05) is 13.8 Å². The number of esters is 1. The van der Waals surface area contributed by atoms with Crippen molar-refractivity contribution in [2.45, 2.75) is 26.2 Å². The van der Waals surface area contributed by atoms with E-state index in [-0.39, 0.29) is 17.3 Å².